The van der Waals surface area contributed by atoms with Crippen molar-refractivity contribution in [2.75, 3.05) is 18.6 Å². The van der Waals surface area contributed by atoms with Gasteiger partial charge in [0.05, 0.1) is 19.0 Å². The smallest absolute Gasteiger partial charge is 0.118 e. The van der Waals surface area contributed by atoms with Crippen molar-refractivity contribution in [3.63, 3.8) is 0 Å². The molecule has 0 saturated carbocycles. The molecule has 2 aromatic rings. The van der Waals surface area contributed by atoms with Crippen LogP contribution in [-0.2, 0) is 6.54 Å². The Kier molecular flexibility index (Phi) is 4.28. The number of methoxy groups -OCH3 is 1. The van der Waals surface area contributed by atoms with Crippen LogP contribution in [0.3, 0.4) is 0 Å². The highest BCUT2D eigenvalue weighted by Gasteiger charge is 2.16. The predicted octanol–water partition coefficient (Wildman–Crippen LogP) is 2.68. The molecule has 0 aliphatic carbocycles. The minimum Gasteiger partial charge on any atom is -0.497 e. The summed E-state index contributed by atoms with van der Waals surface area (Å²) in [7, 11) is 1.68. The zero-order chi connectivity index (χ0) is 13.8. The average molecular weight is 289 g/mol. The summed E-state index contributed by atoms with van der Waals surface area (Å²) in [5, 5.41) is 10.9. The molecule has 1 atom stereocenters. The third kappa shape index (κ3) is 2.99. The van der Waals surface area contributed by atoms with E-state index in [-0.39, 0.29) is 0 Å². The lowest BCUT2D eigenvalue weighted by Crippen LogP contribution is -2.27. The van der Waals surface area contributed by atoms with Crippen LogP contribution >= 0.6 is 11.8 Å². The third-order valence-electron chi connectivity index (χ3n) is 3.61. The van der Waals surface area contributed by atoms with Gasteiger partial charge in [0.1, 0.15) is 5.75 Å². The molecule has 0 unspecified atom stereocenters. The summed E-state index contributed by atoms with van der Waals surface area (Å²) in [5.74, 6) is 3.36. The summed E-state index contributed by atoms with van der Waals surface area (Å²) < 4.78 is 5.19. The van der Waals surface area contributed by atoms with Crippen molar-refractivity contribution in [1.82, 2.24) is 15.5 Å². The number of aromatic nitrogens is 2. The van der Waals surface area contributed by atoms with Crippen LogP contribution in [0.4, 0.5) is 0 Å². The number of H-pyrrole nitrogens is 1. The first kappa shape index (κ1) is 13.5. The van der Waals surface area contributed by atoms with E-state index >= 15 is 0 Å². The van der Waals surface area contributed by atoms with Gasteiger partial charge in [-0.25, -0.2) is 0 Å². The Balaban J connectivity index is 1.71. The van der Waals surface area contributed by atoms with Gasteiger partial charge < -0.3 is 10.1 Å². The Bertz CT molecular complexity index is 547. The molecule has 3 rings (SSSR count). The van der Waals surface area contributed by atoms with Gasteiger partial charge in [-0.2, -0.15) is 16.9 Å². The molecule has 0 bridgehead atoms. The summed E-state index contributed by atoms with van der Waals surface area (Å²) in [6, 6.07) is 8.70. The lowest BCUT2D eigenvalue weighted by molar-refractivity contribution is 0.415. The maximum atomic E-state index is 5.19. The number of rotatable bonds is 5. The fourth-order valence-electron chi connectivity index (χ4n) is 2.40. The standard InChI is InChI=1S/C15H19N3OS/c1-19-14-4-2-11(3-5-14)15-12(9-17-18-15)8-16-13-6-7-20-10-13/h2-5,9,13,16H,6-8,10H2,1H3,(H,17,18)/t13-/m0/s1. The normalized spacial score (nSPS) is 18.4. The molecule has 1 aromatic heterocycles. The van der Waals surface area contributed by atoms with Gasteiger partial charge in [0, 0.05) is 29.5 Å². The van der Waals surface area contributed by atoms with Crippen molar-refractivity contribution in [3.8, 4) is 17.0 Å². The molecule has 1 aromatic carbocycles. The number of hydrogen-bond acceptors (Lipinski definition) is 4. The minimum atomic E-state index is 0.638. The maximum Gasteiger partial charge on any atom is 0.118 e. The summed E-state index contributed by atoms with van der Waals surface area (Å²) >= 11 is 2.02. The third-order valence-corrected chi connectivity index (χ3v) is 4.77. The molecular formula is C15H19N3OS. The topological polar surface area (TPSA) is 49.9 Å². The van der Waals surface area contributed by atoms with E-state index in [0.717, 1.165) is 23.6 Å². The second kappa shape index (κ2) is 6.33. The van der Waals surface area contributed by atoms with Crippen LogP contribution in [0.5, 0.6) is 5.75 Å². The maximum absolute atomic E-state index is 5.19. The molecule has 0 radical (unpaired) electrons. The van der Waals surface area contributed by atoms with Gasteiger partial charge >= 0.3 is 0 Å². The number of hydrogen-bond donors (Lipinski definition) is 2. The summed E-state index contributed by atoms with van der Waals surface area (Å²) in [6.07, 6.45) is 3.18. The SMILES string of the molecule is COc1ccc(-c2[nH]ncc2CN[C@H]2CCSC2)cc1. The first-order chi connectivity index (χ1) is 9.86. The fraction of sp³-hybridized carbons (Fsp3) is 0.400. The van der Waals surface area contributed by atoms with Crippen LogP contribution < -0.4 is 10.1 Å². The fourth-order valence-corrected chi connectivity index (χ4v) is 3.59. The molecule has 106 valence electrons. The minimum absolute atomic E-state index is 0.638. The molecule has 20 heavy (non-hydrogen) atoms. The van der Waals surface area contributed by atoms with E-state index < -0.39 is 0 Å². The molecule has 0 amide bonds. The quantitative estimate of drug-likeness (QED) is 0.888. The number of ether oxygens (including phenoxy) is 1. The van der Waals surface area contributed by atoms with E-state index in [9.17, 15) is 0 Å². The predicted molar refractivity (Wildman–Crippen MR) is 83.1 cm³/mol. The Morgan fingerprint density at radius 3 is 2.95 bits per heavy atom. The van der Waals surface area contributed by atoms with Crippen LogP contribution in [0.1, 0.15) is 12.0 Å². The highest BCUT2D eigenvalue weighted by molar-refractivity contribution is 7.99. The number of benzene rings is 1. The van der Waals surface area contributed by atoms with Crippen LogP contribution in [0.2, 0.25) is 0 Å². The van der Waals surface area contributed by atoms with Gasteiger partial charge in [-0.05, 0) is 36.4 Å². The van der Waals surface area contributed by atoms with Crippen LogP contribution in [-0.4, -0.2) is 34.9 Å². The van der Waals surface area contributed by atoms with E-state index in [2.05, 4.69) is 27.6 Å². The molecule has 2 heterocycles. The largest absolute Gasteiger partial charge is 0.497 e. The van der Waals surface area contributed by atoms with Crippen molar-refractivity contribution in [2.24, 2.45) is 0 Å². The second-order valence-corrected chi connectivity index (χ2v) is 6.09. The lowest BCUT2D eigenvalue weighted by atomic mass is 10.1. The van der Waals surface area contributed by atoms with Gasteiger partial charge in [-0.15, -0.1) is 0 Å². The first-order valence-electron chi connectivity index (χ1n) is 6.84. The van der Waals surface area contributed by atoms with Gasteiger partial charge in [0.2, 0.25) is 0 Å². The molecule has 1 fully saturated rings. The number of aromatic amines is 1. The highest BCUT2D eigenvalue weighted by Crippen LogP contribution is 2.24. The van der Waals surface area contributed by atoms with E-state index in [1.165, 1.54) is 23.5 Å². The van der Waals surface area contributed by atoms with Crippen LogP contribution in [0, 0.1) is 0 Å². The Labute approximate surface area is 123 Å². The van der Waals surface area contributed by atoms with Crippen LogP contribution in [0.25, 0.3) is 11.3 Å². The van der Waals surface area contributed by atoms with E-state index in [4.69, 9.17) is 4.74 Å². The second-order valence-electron chi connectivity index (χ2n) is 4.94. The molecule has 5 heteroatoms. The molecule has 1 aliphatic rings. The molecule has 1 saturated heterocycles. The number of nitrogens with one attached hydrogen (secondary N) is 2. The van der Waals surface area contributed by atoms with Crippen molar-refractivity contribution in [2.45, 2.75) is 19.0 Å². The van der Waals surface area contributed by atoms with Crippen molar-refractivity contribution < 1.29 is 4.74 Å². The zero-order valence-corrected chi connectivity index (χ0v) is 12.4. The van der Waals surface area contributed by atoms with E-state index in [1.54, 1.807) is 7.11 Å². The van der Waals surface area contributed by atoms with E-state index in [1.807, 2.05) is 30.1 Å². The summed E-state index contributed by atoms with van der Waals surface area (Å²) in [4.78, 5) is 0. The zero-order valence-electron chi connectivity index (χ0n) is 11.6. The van der Waals surface area contributed by atoms with Gasteiger partial charge in [0.25, 0.3) is 0 Å². The van der Waals surface area contributed by atoms with Crippen LogP contribution in [0.15, 0.2) is 30.5 Å². The molecule has 0 spiro atoms. The molecule has 4 nitrogen and oxygen atoms in total. The van der Waals surface area contributed by atoms with Gasteiger partial charge in [0.15, 0.2) is 0 Å². The van der Waals surface area contributed by atoms with Crippen molar-refractivity contribution in [1.29, 1.82) is 0 Å². The summed E-state index contributed by atoms with van der Waals surface area (Å²) in [5.41, 5.74) is 3.44. The van der Waals surface area contributed by atoms with E-state index in [0.29, 0.717) is 6.04 Å². The Morgan fingerprint density at radius 2 is 2.25 bits per heavy atom. The number of nitrogens with zero attached hydrogens (tertiary/aromatic N) is 1. The highest BCUT2D eigenvalue weighted by atomic mass is 32.2. The van der Waals surface area contributed by atoms with Gasteiger partial charge in [-0.3, -0.25) is 5.10 Å². The Hall–Kier alpha value is -1.46. The molecular weight excluding hydrogens is 270 g/mol. The number of thioether (sulfide) groups is 1. The molecule has 1 aliphatic heterocycles. The molecule has 2 N–H and O–H groups in total. The van der Waals surface area contributed by atoms with Crippen molar-refractivity contribution in [3.05, 3.63) is 36.0 Å². The Morgan fingerprint density at radius 1 is 1.40 bits per heavy atom. The average Bonchev–Trinajstić information content (AvgIpc) is 3.16. The lowest BCUT2D eigenvalue weighted by Gasteiger charge is -2.11. The summed E-state index contributed by atoms with van der Waals surface area (Å²) in [6.45, 7) is 0.864. The van der Waals surface area contributed by atoms with Crippen molar-refractivity contribution >= 4 is 11.8 Å². The van der Waals surface area contributed by atoms with Gasteiger partial charge in [-0.1, -0.05) is 0 Å². The monoisotopic (exact) mass is 289 g/mol. The first-order valence-corrected chi connectivity index (χ1v) is 8.00.